The molecule has 1 unspecified atom stereocenters. The third-order valence-electron chi connectivity index (χ3n) is 4.39. The molecule has 1 N–H and O–H groups in total. The van der Waals surface area contributed by atoms with Gasteiger partial charge in [-0.05, 0) is 18.8 Å². The number of carboxylic acid groups (broad SMARTS) is 1. The van der Waals surface area contributed by atoms with E-state index in [9.17, 15) is 9.59 Å². The Kier molecular flexibility index (Phi) is 5.85. The maximum absolute atomic E-state index is 12.5. The van der Waals surface area contributed by atoms with Gasteiger partial charge in [0.2, 0.25) is 0 Å². The molecule has 0 bridgehead atoms. The van der Waals surface area contributed by atoms with E-state index in [2.05, 4.69) is 6.92 Å². The van der Waals surface area contributed by atoms with Gasteiger partial charge < -0.3 is 19.6 Å². The SMILES string of the molecule is CCCC1CCN(C(=O)N2CCOC(CC(=O)O)C2)CC1. The average molecular weight is 298 g/mol. The zero-order valence-electron chi connectivity index (χ0n) is 12.8. The summed E-state index contributed by atoms with van der Waals surface area (Å²) in [7, 11) is 0. The second kappa shape index (κ2) is 7.64. The van der Waals surface area contributed by atoms with Crippen LogP contribution in [-0.4, -0.2) is 65.8 Å². The largest absolute Gasteiger partial charge is 0.481 e. The third kappa shape index (κ3) is 4.59. The highest BCUT2D eigenvalue weighted by Crippen LogP contribution is 2.23. The summed E-state index contributed by atoms with van der Waals surface area (Å²) < 4.78 is 5.41. The van der Waals surface area contributed by atoms with Crippen molar-refractivity contribution in [3.8, 4) is 0 Å². The van der Waals surface area contributed by atoms with Crippen molar-refractivity contribution >= 4 is 12.0 Å². The minimum atomic E-state index is -0.880. The van der Waals surface area contributed by atoms with E-state index in [4.69, 9.17) is 9.84 Å². The molecule has 0 aliphatic carbocycles. The van der Waals surface area contributed by atoms with E-state index in [1.807, 2.05) is 4.90 Å². The van der Waals surface area contributed by atoms with Crippen LogP contribution in [-0.2, 0) is 9.53 Å². The summed E-state index contributed by atoms with van der Waals surface area (Å²) >= 11 is 0. The van der Waals surface area contributed by atoms with Gasteiger partial charge in [0.05, 0.1) is 19.1 Å². The third-order valence-corrected chi connectivity index (χ3v) is 4.39. The molecule has 2 aliphatic rings. The van der Waals surface area contributed by atoms with Gasteiger partial charge >= 0.3 is 12.0 Å². The van der Waals surface area contributed by atoms with Gasteiger partial charge in [-0.3, -0.25) is 4.79 Å². The van der Waals surface area contributed by atoms with Crippen LogP contribution in [0.5, 0.6) is 0 Å². The maximum atomic E-state index is 12.5. The van der Waals surface area contributed by atoms with Gasteiger partial charge in [-0.15, -0.1) is 0 Å². The van der Waals surface area contributed by atoms with Crippen molar-refractivity contribution in [3.05, 3.63) is 0 Å². The molecule has 0 saturated carbocycles. The van der Waals surface area contributed by atoms with Crippen molar-refractivity contribution in [1.29, 1.82) is 0 Å². The molecule has 21 heavy (non-hydrogen) atoms. The van der Waals surface area contributed by atoms with Gasteiger partial charge in [0, 0.05) is 26.2 Å². The molecular formula is C15H26N2O4. The number of amides is 2. The smallest absolute Gasteiger partial charge is 0.320 e. The Morgan fingerprint density at radius 2 is 1.90 bits per heavy atom. The molecule has 6 nitrogen and oxygen atoms in total. The number of carbonyl (C=O) groups is 2. The maximum Gasteiger partial charge on any atom is 0.320 e. The Labute approximate surface area is 126 Å². The molecule has 1 atom stereocenters. The van der Waals surface area contributed by atoms with Crippen LogP contribution in [0, 0.1) is 5.92 Å². The first-order valence-corrected chi connectivity index (χ1v) is 7.97. The van der Waals surface area contributed by atoms with Crippen molar-refractivity contribution < 1.29 is 19.4 Å². The molecule has 2 fully saturated rings. The number of carboxylic acids is 1. The second-order valence-corrected chi connectivity index (χ2v) is 6.04. The Balaban J connectivity index is 1.81. The summed E-state index contributed by atoms with van der Waals surface area (Å²) in [5, 5.41) is 8.83. The summed E-state index contributed by atoms with van der Waals surface area (Å²) in [5.74, 6) is -0.127. The van der Waals surface area contributed by atoms with Gasteiger partial charge in [-0.25, -0.2) is 4.79 Å². The fourth-order valence-electron chi connectivity index (χ4n) is 3.23. The van der Waals surface area contributed by atoms with Gasteiger partial charge in [0.15, 0.2) is 0 Å². The number of rotatable bonds is 4. The van der Waals surface area contributed by atoms with Crippen LogP contribution in [0.3, 0.4) is 0 Å². The number of morpholine rings is 1. The minimum absolute atomic E-state index is 0.0393. The van der Waals surface area contributed by atoms with E-state index in [0.717, 1.165) is 31.8 Å². The molecule has 2 saturated heterocycles. The fraction of sp³-hybridized carbons (Fsp3) is 0.867. The lowest BCUT2D eigenvalue weighted by Gasteiger charge is -2.39. The summed E-state index contributed by atoms with van der Waals surface area (Å²) in [5.41, 5.74) is 0. The van der Waals surface area contributed by atoms with Crippen LogP contribution >= 0.6 is 0 Å². The van der Waals surface area contributed by atoms with Crippen LogP contribution in [0.4, 0.5) is 4.79 Å². The Morgan fingerprint density at radius 3 is 2.52 bits per heavy atom. The predicted molar refractivity (Wildman–Crippen MR) is 78.2 cm³/mol. The summed E-state index contributed by atoms with van der Waals surface area (Å²) in [6, 6.07) is 0.0450. The number of hydrogen-bond donors (Lipinski definition) is 1. The van der Waals surface area contributed by atoms with Gasteiger partial charge in [-0.1, -0.05) is 19.8 Å². The summed E-state index contributed by atoms with van der Waals surface area (Å²) in [6.07, 6.45) is 4.21. The predicted octanol–water partition coefficient (Wildman–Crippen LogP) is 1.79. The molecular weight excluding hydrogens is 272 g/mol. The highest BCUT2D eigenvalue weighted by atomic mass is 16.5. The first-order chi connectivity index (χ1) is 10.1. The zero-order chi connectivity index (χ0) is 15.2. The van der Waals surface area contributed by atoms with E-state index in [0.29, 0.717) is 19.7 Å². The molecule has 0 radical (unpaired) electrons. The van der Waals surface area contributed by atoms with Gasteiger partial charge in [-0.2, -0.15) is 0 Å². The monoisotopic (exact) mass is 298 g/mol. The van der Waals surface area contributed by atoms with Crippen molar-refractivity contribution in [3.63, 3.8) is 0 Å². The Hall–Kier alpha value is -1.30. The lowest BCUT2D eigenvalue weighted by molar-refractivity contribution is -0.141. The lowest BCUT2D eigenvalue weighted by atomic mass is 9.93. The van der Waals surface area contributed by atoms with E-state index in [1.54, 1.807) is 4.90 Å². The molecule has 0 aromatic heterocycles. The standard InChI is InChI=1S/C15H26N2O4/c1-2-3-12-4-6-16(7-5-12)15(20)17-8-9-21-13(11-17)10-14(18)19/h12-13H,2-11H2,1H3,(H,18,19). The number of ether oxygens (including phenoxy) is 1. The number of likely N-dealkylation sites (tertiary alicyclic amines) is 1. The van der Waals surface area contributed by atoms with E-state index < -0.39 is 5.97 Å². The van der Waals surface area contributed by atoms with Crippen LogP contribution in [0.25, 0.3) is 0 Å². The molecule has 0 spiro atoms. The molecule has 2 rings (SSSR count). The number of nitrogens with zero attached hydrogens (tertiary/aromatic N) is 2. The number of piperidine rings is 1. The van der Waals surface area contributed by atoms with Crippen molar-refractivity contribution in [1.82, 2.24) is 9.80 Å². The molecule has 0 aromatic carbocycles. The first kappa shape index (κ1) is 16.1. The lowest BCUT2D eigenvalue weighted by Crippen LogP contribution is -2.52. The van der Waals surface area contributed by atoms with Crippen molar-refractivity contribution in [2.75, 3.05) is 32.8 Å². The molecule has 120 valence electrons. The van der Waals surface area contributed by atoms with Gasteiger partial charge in [0.1, 0.15) is 0 Å². The van der Waals surface area contributed by atoms with E-state index >= 15 is 0 Å². The van der Waals surface area contributed by atoms with Crippen molar-refractivity contribution in [2.24, 2.45) is 5.92 Å². The topological polar surface area (TPSA) is 70.1 Å². The second-order valence-electron chi connectivity index (χ2n) is 6.04. The number of urea groups is 1. The fourth-order valence-corrected chi connectivity index (χ4v) is 3.23. The van der Waals surface area contributed by atoms with Crippen LogP contribution < -0.4 is 0 Å². The van der Waals surface area contributed by atoms with Crippen LogP contribution in [0.1, 0.15) is 39.0 Å². The normalized spacial score (nSPS) is 24.1. The minimum Gasteiger partial charge on any atom is -0.481 e. The number of carbonyl (C=O) groups excluding carboxylic acids is 1. The first-order valence-electron chi connectivity index (χ1n) is 7.97. The number of hydrogen-bond acceptors (Lipinski definition) is 3. The van der Waals surface area contributed by atoms with E-state index in [1.165, 1.54) is 12.8 Å². The highest BCUT2D eigenvalue weighted by molar-refractivity contribution is 5.75. The van der Waals surface area contributed by atoms with Crippen LogP contribution in [0.2, 0.25) is 0 Å². The molecule has 2 amide bonds. The highest BCUT2D eigenvalue weighted by Gasteiger charge is 2.30. The molecule has 0 aromatic rings. The molecule has 2 heterocycles. The summed E-state index contributed by atoms with van der Waals surface area (Å²) in [4.78, 5) is 26.9. The van der Waals surface area contributed by atoms with Crippen molar-refractivity contribution in [2.45, 2.75) is 45.1 Å². The quantitative estimate of drug-likeness (QED) is 0.859. The summed E-state index contributed by atoms with van der Waals surface area (Å²) in [6.45, 7) is 5.22. The van der Waals surface area contributed by atoms with Crippen LogP contribution in [0.15, 0.2) is 0 Å². The Bertz CT molecular complexity index is 367. The van der Waals surface area contributed by atoms with E-state index in [-0.39, 0.29) is 18.6 Å². The molecule has 2 aliphatic heterocycles. The Morgan fingerprint density at radius 1 is 1.19 bits per heavy atom. The average Bonchev–Trinajstić information content (AvgIpc) is 2.47. The molecule has 6 heteroatoms. The number of aliphatic carboxylic acids is 1. The zero-order valence-corrected chi connectivity index (χ0v) is 12.8. The van der Waals surface area contributed by atoms with Gasteiger partial charge in [0.25, 0.3) is 0 Å².